The molecular weight excluding hydrogens is 486 g/mol. The van der Waals surface area contributed by atoms with Crippen LogP contribution in [0.25, 0.3) is 22.1 Å². The zero-order valence-electron chi connectivity index (χ0n) is 22.0. The Kier molecular flexibility index (Phi) is 6.82. The van der Waals surface area contributed by atoms with Crippen LogP contribution in [0.2, 0.25) is 0 Å². The number of ether oxygens (including phenoxy) is 2. The fraction of sp³-hybridized carbons (Fsp3) is 0.407. The van der Waals surface area contributed by atoms with Crippen LogP contribution in [0.3, 0.4) is 0 Å². The van der Waals surface area contributed by atoms with Crippen molar-refractivity contribution in [2.75, 3.05) is 32.2 Å². The Hall–Kier alpha value is -4.30. The van der Waals surface area contributed by atoms with Crippen molar-refractivity contribution in [2.45, 2.75) is 38.9 Å². The standard InChI is InChI=1S/C27H31N7O4/c1-5-6-12-33-23-24(30-26(33)32-11-7-8-18(28)15-32)31(2)27(36)34(25(23)35)16-19-10-9-17-13-21(37-3)22(38-4)14-20(17)29-19/h9-10,13-14,18H,7-8,11-12,15-16,28H2,1-4H3. The van der Waals surface area contributed by atoms with Crippen LogP contribution in [0.5, 0.6) is 11.5 Å². The average Bonchev–Trinajstić information content (AvgIpc) is 3.31. The zero-order valence-corrected chi connectivity index (χ0v) is 22.0. The van der Waals surface area contributed by atoms with Gasteiger partial charge in [0.15, 0.2) is 22.7 Å². The number of hydrogen-bond donors (Lipinski definition) is 1. The maximum atomic E-state index is 13.8. The third kappa shape index (κ3) is 4.37. The number of nitrogens with zero attached hydrogens (tertiary/aromatic N) is 6. The number of hydrogen-bond acceptors (Lipinski definition) is 8. The molecule has 3 aromatic heterocycles. The van der Waals surface area contributed by atoms with E-state index in [2.05, 4.69) is 16.7 Å². The van der Waals surface area contributed by atoms with Crippen LogP contribution in [0.15, 0.2) is 33.9 Å². The highest BCUT2D eigenvalue weighted by molar-refractivity contribution is 5.83. The van der Waals surface area contributed by atoms with Crippen molar-refractivity contribution in [2.24, 2.45) is 12.8 Å². The van der Waals surface area contributed by atoms with Gasteiger partial charge in [0.1, 0.15) is 0 Å². The number of piperidine rings is 1. The minimum atomic E-state index is -0.468. The van der Waals surface area contributed by atoms with E-state index in [1.165, 1.54) is 9.13 Å². The first-order chi connectivity index (χ1) is 18.4. The van der Waals surface area contributed by atoms with Crippen LogP contribution in [0, 0.1) is 11.8 Å². The van der Waals surface area contributed by atoms with E-state index in [9.17, 15) is 9.59 Å². The van der Waals surface area contributed by atoms with Crippen LogP contribution in [0.4, 0.5) is 5.95 Å². The van der Waals surface area contributed by atoms with Crippen LogP contribution in [-0.2, 0) is 20.1 Å². The number of aryl methyl sites for hydroxylation is 1. The number of aromatic nitrogens is 5. The summed E-state index contributed by atoms with van der Waals surface area (Å²) in [6.07, 6.45) is 1.87. The molecular formula is C27H31N7O4. The summed E-state index contributed by atoms with van der Waals surface area (Å²) >= 11 is 0. The van der Waals surface area contributed by atoms with E-state index in [-0.39, 0.29) is 19.1 Å². The fourth-order valence-electron chi connectivity index (χ4n) is 4.98. The number of rotatable bonds is 6. The second-order valence-corrected chi connectivity index (χ2v) is 9.38. The Bertz CT molecular complexity index is 1710. The Labute approximate surface area is 219 Å². The van der Waals surface area contributed by atoms with E-state index in [1.54, 1.807) is 44.9 Å². The van der Waals surface area contributed by atoms with E-state index < -0.39 is 11.2 Å². The third-order valence-electron chi connectivity index (χ3n) is 6.94. The van der Waals surface area contributed by atoms with Gasteiger partial charge in [0, 0.05) is 37.6 Å². The van der Waals surface area contributed by atoms with Crippen molar-refractivity contribution in [1.29, 1.82) is 0 Å². The Morgan fingerprint density at radius 3 is 2.58 bits per heavy atom. The maximum absolute atomic E-state index is 13.8. The molecule has 1 aromatic carbocycles. The molecule has 0 radical (unpaired) electrons. The molecule has 1 fully saturated rings. The van der Waals surface area contributed by atoms with Gasteiger partial charge in [0.25, 0.3) is 5.56 Å². The highest BCUT2D eigenvalue weighted by Crippen LogP contribution is 2.31. The number of imidazole rings is 1. The molecule has 4 heterocycles. The predicted molar refractivity (Wildman–Crippen MR) is 146 cm³/mol. The first-order valence-corrected chi connectivity index (χ1v) is 12.5. The summed E-state index contributed by atoms with van der Waals surface area (Å²) in [7, 11) is 4.76. The zero-order chi connectivity index (χ0) is 27.0. The first kappa shape index (κ1) is 25.4. The Morgan fingerprint density at radius 1 is 1.11 bits per heavy atom. The molecule has 4 aromatic rings. The summed E-state index contributed by atoms with van der Waals surface area (Å²) in [6.45, 7) is 3.42. The molecule has 1 aliphatic rings. The molecule has 1 saturated heterocycles. The summed E-state index contributed by atoms with van der Waals surface area (Å²) in [5.41, 5.74) is 7.20. The van der Waals surface area contributed by atoms with Crippen molar-refractivity contribution in [3.8, 4) is 23.3 Å². The Morgan fingerprint density at radius 2 is 1.87 bits per heavy atom. The molecule has 0 saturated carbocycles. The monoisotopic (exact) mass is 517 g/mol. The highest BCUT2D eigenvalue weighted by atomic mass is 16.5. The van der Waals surface area contributed by atoms with Gasteiger partial charge in [-0.3, -0.25) is 23.5 Å². The van der Waals surface area contributed by atoms with Crippen molar-refractivity contribution < 1.29 is 9.47 Å². The van der Waals surface area contributed by atoms with E-state index in [0.29, 0.717) is 46.4 Å². The number of nitrogens with two attached hydrogens (primary N) is 1. The number of anilines is 1. The highest BCUT2D eigenvalue weighted by Gasteiger charge is 2.26. The van der Waals surface area contributed by atoms with E-state index >= 15 is 0 Å². The smallest absolute Gasteiger partial charge is 0.332 e. The minimum absolute atomic E-state index is 0.000287. The van der Waals surface area contributed by atoms with Gasteiger partial charge in [-0.15, -0.1) is 5.92 Å². The lowest BCUT2D eigenvalue weighted by molar-refractivity contribution is 0.356. The van der Waals surface area contributed by atoms with Crippen molar-refractivity contribution in [3.05, 3.63) is 50.8 Å². The van der Waals surface area contributed by atoms with Crippen LogP contribution < -0.4 is 31.4 Å². The molecule has 5 rings (SSSR count). The van der Waals surface area contributed by atoms with Gasteiger partial charge in [0.2, 0.25) is 5.95 Å². The van der Waals surface area contributed by atoms with E-state index in [1.807, 2.05) is 12.1 Å². The second-order valence-electron chi connectivity index (χ2n) is 9.38. The molecule has 1 atom stereocenters. The molecule has 0 bridgehead atoms. The Balaban J connectivity index is 1.64. The molecule has 0 amide bonds. The van der Waals surface area contributed by atoms with Crippen molar-refractivity contribution >= 4 is 28.0 Å². The number of fused-ring (bicyclic) bond motifs is 2. The van der Waals surface area contributed by atoms with Crippen LogP contribution in [0.1, 0.15) is 25.5 Å². The second kappa shape index (κ2) is 10.2. The van der Waals surface area contributed by atoms with E-state index in [0.717, 1.165) is 24.8 Å². The van der Waals surface area contributed by atoms with Crippen molar-refractivity contribution in [1.82, 2.24) is 23.7 Å². The van der Waals surface area contributed by atoms with E-state index in [4.69, 9.17) is 25.2 Å². The van der Waals surface area contributed by atoms with Gasteiger partial charge in [-0.25, -0.2) is 4.79 Å². The maximum Gasteiger partial charge on any atom is 0.332 e. The van der Waals surface area contributed by atoms with Gasteiger partial charge in [-0.05, 0) is 31.9 Å². The molecule has 2 N–H and O–H groups in total. The normalized spacial score (nSPS) is 15.5. The molecule has 0 spiro atoms. The molecule has 1 aliphatic heterocycles. The predicted octanol–water partition coefficient (Wildman–Crippen LogP) is 1.46. The third-order valence-corrected chi connectivity index (χ3v) is 6.94. The lowest BCUT2D eigenvalue weighted by atomic mass is 10.1. The number of pyridine rings is 1. The lowest BCUT2D eigenvalue weighted by Crippen LogP contribution is -2.44. The van der Waals surface area contributed by atoms with Crippen molar-refractivity contribution in [3.63, 3.8) is 0 Å². The fourth-order valence-corrected chi connectivity index (χ4v) is 4.98. The summed E-state index contributed by atoms with van der Waals surface area (Å²) in [4.78, 5) is 38.7. The van der Waals surface area contributed by atoms with Gasteiger partial charge in [0.05, 0.1) is 38.5 Å². The van der Waals surface area contributed by atoms with Gasteiger partial charge in [-0.1, -0.05) is 12.0 Å². The quantitative estimate of drug-likeness (QED) is 0.382. The first-order valence-electron chi connectivity index (χ1n) is 12.5. The molecule has 198 valence electrons. The van der Waals surface area contributed by atoms with Crippen LogP contribution in [-0.4, -0.2) is 57.0 Å². The molecule has 1 unspecified atom stereocenters. The molecule has 11 heteroatoms. The number of methoxy groups -OCH3 is 2. The lowest BCUT2D eigenvalue weighted by Gasteiger charge is -2.31. The minimum Gasteiger partial charge on any atom is -0.493 e. The number of benzene rings is 1. The molecule has 0 aliphatic carbocycles. The summed E-state index contributed by atoms with van der Waals surface area (Å²) in [6, 6.07) is 7.31. The SMILES string of the molecule is CC#CCn1c(N2CCCC(N)C2)nc2c1c(=O)n(Cc1ccc3cc(OC)c(OC)cc3n1)c(=O)n2C. The summed E-state index contributed by atoms with van der Waals surface area (Å²) in [5, 5.41) is 0.850. The molecule has 11 nitrogen and oxygen atoms in total. The summed E-state index contributed by atoms with van der Waals surface area (Å²) < 4.78 is 15.2. The van der Waals surface area contributed by atoms with Gasteiger partial charge < -0.3 is 20.1 Å². The molecule has 38 heavy (non-hydrogen) atoms. The van der Waals surface area contributed by atoms with Gasteiger partial charge >= 0.3 is 5.69 Å². The average molecular weight is 518 g/mol. The topological polar surface area (TPSA) is 122 Å². The largest absolute Gasteiger partial charge is 0.493 e. The summed E-state index contributed by atoms with van der Waals surface area (Å²) in [5.74, 6) is 7.69. The van der Waals surface area contributed by atoms with Gasteiger partial charge in [-0.2, -0.15) is 4.98 Å². The van der Waals surface area contributed by atoms with Crippen LogP contribution >= 0.6 is 0 Å².